The molecule has 0 amide bonds. The zero-order chi connectivity index (χ0) is 17.5. The summed E-state index contributed by atoms with van der Waals surface area (Å²) in [6, 6.07) is 0. The molecule has 1 aromatic rings. The van der Waals surface area contributed by atoms with Crippen molar-refractivity contribution in [1.29, 1.82) is 0 Å². The predicted octanol–water partition coefficient (Wildman–Crippen LogP) is 1.58. The summed E-state index contributed by atoms with van der Waals surface area (Å²) in [5.74, 6) is 3.44. The van der Waals surface area contributed by atoms with Crippen molar-refractivity contribution in [3.05, 3.63) is 11.7 Å². The molecule has 7 nitrogen and oxygen atoms in total. The number of aromatic nitrogens is 2. The van der Waals surface area contributed by atoms with Crippen LogP contribution in [0.3, 0.4) is 0 Å². The molecular formula is C17H32N6O. The largest absolute Gasteiger partial charge is 0.356 e. The lowest BCUT2D eigenvalue weighted by atomic mass is 10.2. The fourth-order valence-corrected chi connectivity index (χ4v) is 2.88. The molecule has 1 fully saturated rings. The molecule has 0 unspecified atom stereocenters. The second-order valence-corrected chi connectivity index (χ2v) is 7.11. The minimum atomic E-state index is 0.297. The van der Waals surface area contributed by atoms with Gasteiger partial charge in [0.2, 0.25) is 5.89 Å². The van der Waals surface area contributed by atoms with Crippen LogP contribution in [0, 0.1) is 5.92 Å². The van der Waals surface area contributed by atoms with E-state index in [9.17, 15) is 0 Å². The first-order valence-electron chi connectivity index (χ1n) is 9.00. The SMILES string of the molecule is CN=C(NCCc1nc(C(C)C)no1)N1CCN(CC(C)C)CC1. The molecule has 1 aliphatic heterocycles. The van der Waals surface area contributed by atoms with E-state index in [1.54, 1.807) is 0 Å². The average molecular weight is 336 g/mol. The molecule has 0 spiro atoms. The molecule has 1 saturated heterocycles. The molecule has 1 aromatic heterocycles. The summed E-state index contributed by atoms with van der Waals surface area (Å²) >= 11 is 0. The monoisotopic (exact) mass is 336 g/mol. The van der Waals surface area contributed by atoms with Gasteiger partial charge in [0.25, 0.3) is 0 Å². The molecule has 0 saturated carbocycles. The van der Waals surface area contributed by atoms with Gasteiger partial charge in [-0.25, -0.2) is 0 Å². The van der Waals surface area contributed by atoms with Gasteiger partial charge in [0.1, 0.15) is 0 Å². The maximum atomic E-state index is 5.28. The van der Waals surface area contributed by atoms with Gasteiger partial charge in [-0.15, -0.1) is 0 Å². The van der Waals surface area contributed by atoms with Gasteiger partial charge in [0.05, 0.1) is 0 Å². The Morgan fingerprint density at radius 1 is 1.21 bits per heavy atom. The highest BCUT2D eigenvalue weighted by Crippen LogP contribution is 2.10. The Balaban J connectivity index is 1.74. The zero-order valence-corrected chi connectivity index (χ0v) is 15.7. The molecule has 0 atom stereocenters. The lowest BCUT2D eigenvalue weighted by Gasteiger charge is -2.37. The van der Waals surface area contributed by atoms with Gasteiger partial charge in [-0.05, 0) is 5.92 Å². The topological polar surface area (TPSA) is 69.8 Å². The highest BCUT2D eigenvalue weighted by Gasteiger charge is 2.20. The predicted molar refractivity (Wildman–Crippen MR) is 96.3 cm³/mol. The highest BCUT2D eigenvalue weighted by molar-refractivity contribution is 5.80. The molecular weight excluding hydrogens is 304 g/mol. The number of piperazine rings is 1. The van der Waals surface area contributed by atoms with Crippen molar-refractivity contribution in [2.75, 3.05) is 46.3 Å². The van der Waals surface area contributed by atoms with Crippen molar-refractivity contribution in [3.8, 4) is 0 Å². The van der Waals surface area contributed by atoms with E-state index in [0.717, 1.165) is 50.4 Å². The Labute approximate surface area is 145 Å². The molecule has 1 N–H and O–H groups in total. The number of nitrogens with one attached hydrogen (secondary N) is 1. The third-order valence-electron chi connectivity index (χ3n) is 4.13. The first-order chi connectivity index (χ1) is 11.5. The van der Waals surface area contributed by atoms with Crippen molar-refractivity contribution in [2.45, 2.75) is 40.0 Å². The van der Waals surface area contributed by atoms with Gasteiger partial charge in [-0.2, -0.15) is 4.98 Å². The van der Waals surface area contributed by atoms with Gasteiger partial charge in [-0.3, -0.25) is 9.89 Å². The molecule has 0 aromatic carbocycles. The number of hydrogen-bond donors (Lipinski definition) is 1. The van der Waals surface area contributed by atoms with E-state index in [1.807, 2.05) is 7.05 Å². The summed E-state index contributed by atoms with van der Waals surface area (Å²) in [6.45, 7) is 14.8. The van der Waals surface area contributed by atoms with Crippen LogP contribution >= 0.6 is 0 Å². The van der Waals surface area contributed by atoms with Crippen LogP contribution in [0.4, 0.5) is 0 Å². The summed E-state index contributed by atoms with van der Waals surface area (Å²) in [7, 11) is 1.84. The average Bonchev–Trinajstić information content (AvgIpc) is 3.01. The molecule has 0 aliphatic carbocycles. The van der Waals surface area contributed by atoms with E-state index >= 15 is 0 Å². The Bertz CT molecular complexity index is 517. The summed E-state index contributed by atoms with van der Waals surface area (Å²) in [5, 5.41) is 7.41. The molecule has 0 radical (unpaired) electrons. The summed E-state index contributed by atoms with van der Waals surface area (Å²) in [6.07, 6.45) is 0.714. The molecule has 1 aliphatic rings. The van der Waals surface area contributed by atoms with Crippen LogP contribution in [0.2, 0.25) is 0 Å². The van der Waals surface area contributed by atoms with Crippen molar-refractivity contribution >= 4 is 5.96 Å². The second-order valence-electron chi connectivity index (χ2n) is 7.11. The molecule has 24 heavy (non-hydrogen) atoms. The fraction of sp³-hybridized carbons (Fsp3) is 0.824. The quantitative estimate of drug-likeness (QED) is 0.628. The van der Waals surface area contributed by atoms with E-state index in [1.165, 1.54) is 6.54 Å². The molecule has 7 heteroatoms. The Hall–Kier alpha value is -1.63. The number of rotatable bonds is 6. The van der Waals surface area contributed by atoms with Crippen LogP contribution in [0.1, 0.15) is 45.3 Å². The maximum absolute atomic E-state index is 5.28. The normalized spacial score (nSPS) is 17.1. The van der Waals surface area contributed by atoms with Gasteiger partial charge in [0.15, 0.2) is 11.8 Å². The molecule has 136 valence electrons. The summed E-state index contributed by atoms with van der Waals surface area (Å²) in [5.41, 5.74) is 0. The Morgan fingerprint density at radius 2 is 1.92 bits per heavy atom. The zero-order valence-electron chi connectivity index (χ0n) is 15.7. The van der Waals surface area contributed by atoms with Crippen LogP contribution in [0.15, 0.2) is 9.52 Å². The van der Waals surface area contributed by atoms with Gasteiger partial charge >= 0.3 is 0 Å². The molecule has 0 bridgehead atoms. The smallest absolute Gasteiger partial charge is 0.228 e. The van der Waals surface area contributed by atoms with Gasteiger partial charge < -0.3 is 14.7 Å². The van der Waals surface area contributed by atoms with E-state index in [4.69, 9.17) is 4.52 Å². The summed E-state index contributed by atoms with van der Waals surface area (Å²) in [4.78, 5) is 13.7. The van der Waals surface area contributed by atoms with Crippen molar-refractivity contribution in [3.63, 3.8) is 0 Å². The van der Waals surface area contributed by atoms with E-state index < -0.39 is 0 Å². The van der Waals surface area contributed by atoms with Crippen LogP contribution < -0.4 is 5.32 Å². The number of hydrogen-bond acceptors (Lipinski definition) is 5. The van der Waals surface area contributed by atoms with Crippen molar-refractivity contribution < 1.29 is 4.52 Å². The van der Waals surface area contributed by atoms with E-state index in [0.29, 0.717) is 18.2 Å². The fourth-order valence-electron chi connectivity index (χ4n) is 2.88. The highest BCUT2D eigenvalue weighted by atomic mass is 16.5. The van der Waals surface area contributed by atoms with E-state index in [-0.39, 0.29) is 0 Å². The minimum Gasteiger partial charge on any atom is -0.356 e. The first-order valence-corrected chi connectivity index (χ1v) is 9.00. The maximum Gasteiger partial charge on any atom is 0.228 e. The first kappa shape index (κ1) is 18.7. The van der Waals surface area contributed by atoms with Crippen LogP contribution in [0.5, 0.6) is 0 Å². The van der Waals surface area contributed by atoms with Crippen LogP contribution in [0.25, 0.3) is 0 Å². The summed E-state index contributed by atoms with van der Waals surface area (Å²) < 4.78 is 5.28. The van der Waals surface area contributed by atoms with Crippen LogP contribution in [-0.2, 0) is 6.42 Å². The van der Waals surface area contributed by atoms with Gasteiger partial charge in [-0.1, -0.05) is 32.9 Å². The number of nitrogens with zero attached hydrogens (tertiary/aromatic N) is 5. The molecule has 2 heterocycles. The Kier molecular flexibility index (Phi) is 7.02. The number of guanidine groups is 1. The standard InChI is InChI=1S/C17H32N6O/c1-13(2)12-22-8-10-23(11-9-22)17(18-5)19-7-6-15-20-16(14(3)4)21-24-15/h13-14H,6-12H2,1-5H3,(H,18,19). The molecule has 2 rings (SSSR count). The number of aliphatic imine (C=N–C) groups is 1. The van der Waals surface area contributed by atoms with Crippen LogP contribution in [-0.4, -0.2) is 72.2 Å². The second kappa shape index (κ2) is 9.01. The van der Waals surface area contributed by atoms with Gasteiger partial charge in [0, 0.05) is 58.7 Å². The third kappa shape index (κ3) is 5.47. The minimum absolute atomic E-state index is 0.297. The Morgan fingerprint density at radius 3 is 2.46 bits per heavy atom. The lowest BCUT2D eigenvalue weighted by molar-refractivity contribution is 0.164. The van der Waals surface area contributed by atoms with Crippen molar-refractivity contribution in [1.82, 2.24) is 25.3 Å². The van der Waals surface area contributed by atoms with Crippen molar-refractivity contribution in [2.24, 2.45) is 10.9 Å². The lowest BCUT2D eigenvalue weighted by Crippen LogP contribution is -2.53. The third-order valence-corrected chi connectivity index (χ3v) is 4.13. The van der Waals surface area contributed by atoms with E-state index in [2.05, 4.69) is 57.9 Å².